The Morgan fingerprint density at radius 1 is 1.44 bits per heavy atom. The lowest BCUT2D eigenvalue weighted by Crippen LogP contribution is -2.28. The van der Waals surface area contributed by atoms with Crippen LogP contribution in [0.25, 0.3) is 0 Å². The van der Waals surface area contributed by atoms with Crippen molar-refractivity contribution in [2.24, 2.45) is 11.3 Å². The monoisotopic (exact) mass is 238 g/mol. The van der Waals surface area contributed by atoms with E-state index in [4.69, 9.17) is 0 Å². The normalized spacial score (nSPS) is 19.2. The van der Waals surface area contributed by atoms with Gasteiger partial charge in [-0.25, -0.2) is 4.98 Å². The Balaban J connectivity index is 1.92. The predicted octanol–water partition coefficient (Wildman–Crippen LogP) is 4.16. The second-order valence-electron chi connectivity index (χ2n) is 5.50. The molecule has 1 fully saturated rings. The quantitative estimate of drug-likeness (QED) is 0.833. The summed E-state index contributed by atoms with van der Waals surface area (Å²) in [6.07, 6.45) is 8.83. The summed E-state index contributed by atoms with van der Waals surface area (Å²) in [6.45, 7) is 5.78. The molecular formula is C13H22N2S. The largest absolute Gasteiger partial charge is 0.361 e. The predicted molar refractivity (Wildman–Crippen MR) is 71.0 cm³/mol. The molecule has 0 amide bonds. The third-order valence-corrected chi connectivity index (χ3v) is 4.28. The van der Waals surface area contributed by atoms with Crippen LogP contribution < -0.4 is 5.32 Å². The number of aromatic nitrogens is 1. The van der Waals surface area contributed by atoms with E-state index < -0.39 is 0 Å². The molecule has 0 aromatic carbocycles. The minimum absolute atomic E-state index is 0.542. The highest BCUT2D eigenvalue weighted by molar-refractivity contribution is 7.13. The van der Waals surface area contributed by atoms with Gasteiger partial charge in [-0.05, 0) is 30.6 Å². The lowest BCUT2D eigenvalue weighted by Gasteiger charge is -2.31. The van der Waals surface area contributed by atoms with Gasteiger partial charge in [0.2, 0.25) is 0 Å². The molecule has 16 heavy (non-hydrogen) atoms. The SMILES string of the molecule is CC(C)CC1(CNc2nccs2)CCCC1. The van der Waals surface area contributed by atoms with Crippen LogP contribution in [0.4, 0.5) is 5.13 Å². The first-order valence-electron chi connectivity index (χ1n) is 6.34. The second kappa shape index (κ2) is 5.17. The van der Waals surface area contributed by atoms with Gasteiger partial charge in [-0.15, -0.1) is 11.3 Å². The van der Waals surface area contributed by atoms with Gasteiger partial charge in [0.1, 0.15) is 0 Å². The number of hydrogen-bond donors (Lipinski definition) is 1. The molecule has 1 aromatic rings. The smallest absolute Gasteiger partial charge is 0.182 e. The van der Waals surface area contributed by atoms with Crippen molar-refractivity contribution in [3.05, 3.63) is 11.6 Å². The lowest BCUT2D eigenvalue weighted by molar-refractivity contribution is 0.252. The summed E-state index contributed by atoms with van der Waals surface area (Å²) < 4.78 is 0. The highest BCUT2D eigenvalue weighted by Crippen LogP contribution is 2.43. The molecule has 2 nitrogen and oxygen atoms in total. The Morgan fingerprint density at radius 2 is 2.19 bits per heavy atom. The Morgan fingerprint density at radius 3 is 2.75 bits per heavy atom. The molecule has 0 unspecified atom stereocenters. The van der Waals surface area contributed by atoms with Crippen LogP contribution in [0.5, 0.6) is 0 Å². The molecule has 1 N–H and O–H groups in total. The molecule has 2 rings (SSSR count). The summed E-state index contributed by atoms with van der Waals surface area (Å²) in [4.78, 5) is 4.29. The van der Waals surface area contributed by atoms with E-state index in [2.05, 4.69) is 24.1 Å². The molecule has 1 heterocycles. The molecule has 0 bridgehead atoms. The number of nitrogens with one attached hydrogen (secondary N) is 1. The van der Waals surface area contributed by atoms with Crippen LogP contribution in [0.3, 0.4) is 0 Å². The fourth-order valence-electron chi connectivity index (χ4n) is 3.02. The highest BCUT2D eigenvalue weighted by Gasteiger charge is 2.34. The second-order valence-corrected chi connectivity index (χ2v) is 6.39. The van der Waals surface area contributed by atoms with Gasteiger partial charge in [0.05, 0.1) is 0 Å². The van der Waals surface area contributed by atoms with Crippen LogP contribution in [0.15, 0.2) is 11.6 Å². The zero-order chi connectivity index (χ0) is 11.4. The van der Waals surface area contributed by atoms with Crippen molar-refractivity contribution >= 4 is 16.5 Å². The molecule has 0 atom stereocenters. The first-order valence-corrected chi connectivity index (χ1v) is 7.22. The zero-order valence-corrected chi connectivity index (χ0v) is 11.1. The summed E-state index contributed by atoms with van der Waals surface area (Å²) in [5.74, 6) is 0.802. The van der Waals surface area contributed by atoms with Crippen LogP contribution in [-0.4, -0.2) is 11.5 Å². The van der Waals surface area contributed by atoms with Crippen molar-refractivity contribution in [1.29, 1.82) is 0 Å². The van der Waals surface area contributed by atoms with E-state index in [0.717, 1.165) is 17.6 Å². The van der Waals surface area contributed by atoms with Gasteiger partial charge in [0.15, 0.2) is 5.13 Å². The summed E-state index contributed by atoms with van der Waals surface area (Å²) in [5, 5.41) is 6.63. The van der Waals surface area contributed by atoms with Crippen molar-refractivity contribution in [2.45, 2.75) is 46.0 Å². The summed E-state index contributed by atoms with van der Waals surface area (Å²) in [6, 6.07) is 0. The average Bonchev–Trinajstić information content (AvgIpc) is 2.84. The minimum atomic E-state index is 0.542. The van der Waals surface area contributed by atoms with Gasteiger partial charge in [-0.2, -0.15) is 0 Å². The van der Waals surface area contributed by atoms with Crippen molar-refractivity contribution in [3.63, 3.8) is 0 Å². The third kappa shape index (κ3) is 2.97. The van der Waals surface area contributed by atoms with Crippen molar-refractivity contribution in [1.82, 2.24) is 4.98 Å². The van der Waals surface area contributed by atoms with Gasteiger partial charge in [-0.3, -0.25) is 0 Å². The van der Waals surface area contributed by atoms with Gasteiger partial charge in [-0.1, -0.05) is 26.7 Å². The lowest BCUT2D eigenvalue weighted by atomic mass is 9.78. The molecule has 0 saturated heterocycles. The van der Waals surface area contributed by atoms with E-state index >= 15 is 0 Å². The number of anilines is 1. The molecular weight excluding hydrogens is 216 g/mol. The standard InChI is InChI=1S/C13H22N2S/c1-11(2)9-13(5-3-4-6-13)10-15-12-14-7-8-16-12/h7-8,11H,3-6,9-10H2,1-2H3,(H,14,15). The van der Waals surface area contributed by atoms with Crippen molar-refractivity contribution in [2.75, 3.05) is 11.9 Å². The maximum atomic E-state index is 4.29. The first kappa shape index (κ1) is 11.9. The van der Waals surface area contributed by atoms with E-state index in [9.17, 15) is 0 Å². The topological polar surface area (TPSA) is 24.9 Å². The Hall–Kier alpha value is -0.570. The zero-order valence-electron chi connectivity index (χ0n) is 10.3. The number of hydrogen-bond acceptors (Lipinski definition) is 3. The molecule has 0 aliphatic heterocycles. The fourth-order valence-corrected chi connectivity index (χ4v) is 3.55. The molecule has 0 spiro atoms. The van der Waals surface area contributed by atoms with Crippen molar-refractivity contribution in [3.8, 4) is 0 Å². The third-order valence-electron chi connectivity index (χ3n) is 3.55. The van der Waals surface area contributed by atoms with Crippen LogP contribution in [0, 0.1) is 11.3 Å². The van der Waals surface area contributed by atoms with E-state index in [1.54, 1.807) is 11.3 Å². The van der Waals surface area contributed by atoms with Crippen LogP contribution >= 0.6 is 11.3 Å². The maximum absolute atomic E-state index is 4.29. The highest BCUT2D eigenvalue weighted by atomic mass is 32.1. The molecule has 90 valence electrons. The first-order chi connectivity index (χ1) is 7.70. The van der Waals surface area contributed by atoms with Crippen LogP contribution in [-0.2, 0) is 0 Å². The van der Waals surface area contributed by atoms with E-state index in [0.29, 0.717) is 5.41 Å². The van der Waals surface area contributed by atoms with Crippen molar-refractivity contribution < 1.29 is 0 Å². The van der Waals surface area contributed by atoms with Gasteiger partial charge in [0, 0.05) is 18.1 Å². The fraction of sp³-hybridized carbons (Fsp3) is 0.769. The number of thiazole rings is 1. The number of rotatable bonds is 5. The molecule has 1 aromatic heterocycles. The molecule has 1 aliphatic rings. The summed E-state index contributed by atoms with van der Waals surface area (Å²) in [5.41, 5.74) is 0.542. The van der Waals surface area contributed by atoms with Gasteiger partial charge < -0.3 is 5.32 Å². The van der Waals surface area contributed by atoms with Gasteiger partial charge in [0.25, 0.3) is 0 Å². The molecule has 3 heteroatoms. The maximum Gasteiger partial charge on any atom is 0.182 e. The Kier molecular flexibility index (Phi) is 3.85. The van der Waals surface area contributed by atoms with Crippen LogP contribution in [0.1, 0.15) is 46.0 Å². The Bertz CT molecular complexity index is 300. The summed E-state index contributed by atoms with van der Waals surface area (Å²) >= 11 is 1.70. The minimum Gasteiger partial charge on any atom is -0.361 e. The van der Waals surface area contributed by atoms with Crippen LogP contribution in [0.2, 0.25) is 0 Å². The molecule has 1 aliphatic carbocycles. The summed E-state index contributed by atoms with van der Waals surface area (Å²) in [7, 11) is 0. The average molecular weight is 238 g/mol. The van der Waals surface area contributed by atoms with E-state index in [-0.39, 0.29) is 0 Å². The van der Waals surface area contributed by atoms with Gasteiger partial charge >= 0.3 is 0 Å². The molecule has 0 radical (unpaired) electrons. The Labute approximate surface area is 102 Å². The van der Waals surface area contributed by atoms with E-state index in [1.165, 1.54) is 32.1 Å². The van der Waals surface area contributed by atoms with E-state index in [1.807, 2.05) is 11.6 Å². The molecule has 1 saturated carbocycles. The number of nitrogens with zero attached hydrogens (tertiary/aromatic N) is 1.